The van der Waals surface area contributed by atoms with Crippen LogP contribution in [0.5, 0.6) is 0 Å². The van der Waals surface area contributed by atoms with E-state index in [2.05, 4.69) is 9.80 Å². The highest BCUT2D eigenvalue weighted by molar-refractivity contribution is 4.88. The molecule has 0 amide bonds. The monoisotopic (exact) mass is 293 g/mol. The summed E-state index contributed by atoms with van der Waals surface area (Å²) in [6.45, 7) is 8.91. The normalized spacial score (nSPS) is 29.0. The fraction of sp³-hybridized carbons (Fsp3) is 1.00. The molecular formula is C18H35N3. The van der Waals surface area contributed by atoms with Crippen LogP contribution in [0.3, 0.4) is 0 Å². The standard InChI is InChI=1S/C18H35N3/c19-15-18(8-2-1-3-9-18)16-21-12-6-17(7-13-21)14-20-10-4-5-11-20/h17H,1-16,19H2. The minimum Gasteiger partial charge on any atom is -0.330 e. The summed E-state index contributed by atoms with van der Waals surface area (Å²) in [4.78, 5) is 5.43. The molecule has 0 atom stereocenters. The van der Waals surface area contributed by atoms with Gasteiger partial charge in [0.25, 0.3) is 0 Å². The van der Waals surface area contributed by atoms with Gasteiger partial charge in [-0.05, 0) is 82.6 Å². The van der Waals surface area contributed by atoms with Gasteiger partial charge in [-0.15, -0.1) is 0 Å². The molecule has 1 aliphatic carbocycles. The van der Waals surface area contributed by atoms with Crippen LogP contribution in [0.2, 0.25) is 0 Å². The van der Waals surface area contributed by atoms with E-state index < -0.39 is 0 Å². The highest BCUT2D eigenvalue weighted by atomic mass is 15.2. The van der Waals surface area contributed by atoms with Gasteiger partial charge >= 0.3 is 0 Å². The highest BCUT2D eigenvalue weighted by Crippen LogP contribution is 2.37. The van der Waals surface area contributed by atoms with Crippen LogP contribution in [0.4, 0.5) is 0 Å². The smallest absolute Gasteiger partial charge is 0.00501 e. The Kier molecular flexibility index (Phi) is 5.58. The maximum absolute atomic E-state index is 6.16. The number of rotatable bonds is 5. The van der Waals surface area contributed by atoms with Crippen LogP contribution in [0.1, 0.15) is 57.8 Å². The average molecular weight is 293 g/mol. The van der Waals surface area contributed by atoms with Crippen molar-refractivity contribution in [3.05, 3.63) is 0 Å². The van der Waals surface area contributed by atoms with E-state index in [0.29, 0.717) is 5.41 Å². The Hall–Kier alpha value is -0.120. The number of nitrogens with two attached hydrogens (primary N) is 1. The zero-order chi connectivity index (χ0) is 14.5. The molecular weight excluding hydrogens is 258 g/mol. The van der Waals surface area contributed by atoms with Crippen molar-refractivity contribution < 1.29 is 0 Å². The first-order chi connectivity index (χ1) is 10.3. The largest absolute Gasteiger partial charge is 0.330 e. The van der Waals surface area contributed by atoms with Gasteiger partial charge in [-0.3, -0.25) is 0 Å². The van der Waals surface area contributed by atoms with E-state index in [1.807, 2.05) is 0 Å². The molecule has 2 aliphatic heterocycles. The van der Waals surface area contributed by atoms with Crippen LogP contribution in [0, 0.1) is 11.3 Å². The Labute approximate surface area is 131 Å². The van der Waals surface area contributed by atoms with Gasteiger partial charge in [-0.25, -0.2) is 0 Å². The maximum Gasteiger partial charge on any atom is 0.00501 e. The summed E-state index contributed by atoms with van der Waals surface area (Å²) in [5, 5.41) is 0. The van der Waals surface area contributed by atoms with E-state index >= 15 is 0 Å². The van der Waals surface area contributed by atoms with Crippen molar-refractivity contribution in [1.29, 1.82) is 0 Å². The van der Waals surface area contributed by atoms with E-state index in [0.717, 1.165) is 12.5 Å². The lowest BCUT2D eigenvalue weighted by molar-refractivity contribution is 0.0778. The highest BCUT2D eigenvalue weighted by Gasteiger charge is 2.34. The van der Waals surface area contributed by atoms with Gasteiger partial charge in [0, 0.05) is 13.1 Å². The Balaban J connectivity index is 1.42. The molecule has 2 heterocycles. The summed E-state index contributed by atoms with van der Waals surface area (Å²) in [7, 11) is 0. The molecule has 0 aromatic heterocycles. The van der Waals surface area contributed by atoms with Crippen molar-refractivity contribution in [2.45, 2.75) is 57.8 Å². The fourth-order valence-corrected chi connectivity index (χ4v) is 4.86. The lowest BCUT2D eigenvalue weighted by Gasteiger charge is -2.43. The van der Waals surface area contributed by atoms with Gasteiger partial charge in [0.15, 0.2) is 0 Å². The third-order valence-corrected chi connectivity index (χ3v) is 6.33. The first-order valence-electron chi connectivity index (χ1n) is 9.44. The second kappa shape index (κ2) is 7.43. The van der Waals surface area contributed by atoms with Gasteiger partial charge in [-0.2, -0.15) is 0 Å². The zero-order valence-electron chi connectivity index (χ0n) is 13.9. The third-order valence-electron chi connectivity index (χ3n) is 6.33. The predicted molar refractivity (Wildman–Crippen MR) is 89.4 cm³/mol. The lowest BCUT2D eigenvalue weighted by Crippen LogP contribution is -2.47. The van der Waals surface area contributed by atoms with Gasteiger partial charge in [0.1, 0.15) is 0 Å². The van der Waals surface area contributed by atoms with Crippen molar-refractivity contribution in [1.82, 2.24) is 9.80 Å². The summed E-state index contributed by atoms with van der Waals surface area (Å²) in [6, 6.07) is 0. The molecule has 0 unspecified atom stereocenters. The Bertz CT molecular complexity index is 298. The lowest BCUT2D eigenvalue weighted by atomic mass is 9.73. The average Bonchev–Trinajstić information content (AvgIpc) is 3.03. The van der Waals surface area contributed by atoms with Crippen molar-refractivity contribution in [3.63, 3.8) is 0 Å². The molecule has 2 N–H and O–H groups in total. The van der Waals surface area contributed by atoms with Gasteiger partial charge in [0.2, 0.25) is 0 Å². The number of hydrogen-bond acceptors (Lipinski definition) is 3. The first kappa shape index (κ1) is 15.8. The molecule has 0 radical (unpaired) electrons. The molecule has 0 aromatic rings. The topological polar surface area (TPSA) is 32.5 Å². The van der Waals surface area contributed by atoms with Crippen molar-refractivity contribution in [2.24, 2.45) is 17.1 Å². The molecule has 0 aromatic carbocycles. The molecule has 3 nitrogen and oxygen atoms in total. The Morgan fingerprint density at radius 1 is 0.810 bits per heavy atom. The molecule has 3 fully saturated rings. The summed E-state index contributed by atoms with van der Waals surface area (Å²) < 4.78 is 0. The van der Waals surface area contributed by atoms with Crippen LogP contribution >= 0.6 is 0 Å². The molecule has 1 saturated carbocycles. The minimum absolute atomic E-state index is 0.458. The van der Waals surface area contributed by atoms with E-state index in [1.165, 1.54) is 97.1 Å². The predicted octanol–water partition coefficient (Wildman–Crippen LogP) is 2.70. The van der Waals surface area contributed by atoms with Crippen molar-refractivity contribution in [3.8, 4) is 0 Å². The summed E-state index contributed by atoms with van der Waals surface area (Å²) in [5.74, 6) is 0.958. The van der Waals surface area contributed by atoms with E-state index in [9.17, 15) is 0 Å². The first-order valence-corrected chi connectivity index (χ1v) is 9.44. The molecule has 0 bridgehead atoms. The number of hydrogen-bond donors (Lipinski definition) is 1. The number of nitrogens with zero attached hydrogens (tertiary/aromatic N) is 2. The second-order valence-corrected chi connectivity index (χ2v) is 7.99. The summed E-state index contributed by atoms with van der Waals surface area (Å²) in [6.07, 6.45) is 12.7. The van der Waals surface area contributed by atoms with E-state index in [1.54, 1.807) is 0 Å². The molecule has 0 spiro atoms. The van der Waals surface area contributed by atoms with Crippen LogP contribution < -0.4 is 5.73 Å². The molecule has 21 heavy (non-hydrogen) atoms. The van der Waals surface area contributed by atoms with Crippen LogP contribution in [-0.4, -0.2) is 55.6 Å². The molecule has 2 saturated heterocycles. The Morgan fingerprint density at radius 3 is 2.10 bits per heavy atom. The third kappa shape index (κ3) is 4.20. The van der Waals surface area contributed by atoms with E-state index in [-0.39, 0.29) is 0 Å². The van der Waals surface area contributed by atoms with E-state index in [4.69, 9.17) is 5.73 Å². The number of piperidine rings is 1. The second-order valence-electron chi connectivity index (χ2n) is 7.99. The molecule has 3 heteroatoms. The minimum atomic E-state index is 0.458. The van der Waals surface area contributed by atoms with Crippen molar-refractivity contribution >= 4 is 0 Å². The van der Waals surface area contributed by atoms with Crippen LogP contribution in [0.25, 0.3) is 0 Å². The maximum atomic E-state index is 6.16. The molecule has 3 aliphatic rings. The van der Waals surface area contributed by atoms with Gasteiger partial charge in [-0.1, -0.05) is 19.3 Å². The Morgan fingerprint density at radius 2 is 1.48 bits per heavy atom. The summed E-state index contributed by atoms with van der Waals surface area (Å²) in [5.41, 5.74) is 6.62. The van der Waals surface area contributed by atoms with Crippen LogP contribution in [0.15, 0.2) is 0 Å². The van der Waals surface area contributed by atoms with Gasteiger partial charge < -0.3 is 15.5 Å². The van der Waals surface area contributed by atoms with Gasteiger partial charge in [0.05, 0.1) is 0 Å². The number of likely N-dealkylation sites (tertiary alicyclic amines) is 2. The van der Waals surface area contributed by atoms with Crippen molar-refractivity contribution in [2.75, 3.05) is 45.8 Å². The SMILES string of the molecule is NCC1(CN2CCC(CN3CCCC3)CC2)CCCCC1. The molecule has 122 valence electrons. The quantitative estimate of drug-likeness (QED) is 0.846. The zero-order valence-corrected chi connectivity index (χ0v) is 13.9. The molecule has 3 rings (SSSR count). The van der Waals surface area contributed by atoms with Crippen LogP contribution in [-0.2, 0) is 0 Å². The summed E-state index contributed by atoms with van der Waals surface area (Å²) >= 11 is 0. The fourth-order valence-electron chi connectivity index (χ4n) is 4.86.